The van der Waals surface area contributed by atoms with Gasteiger partial charge in [0.15, 0.2) is 0 Å². The van der Waals surface area contributed by atoms with Gasteiger partial charge in [0, 0.05) is 82.4 Å². The molecule has 0 aliphatic rings. The van der Waals surface area contributed by atoms with E-state index >= 15 is 0 Å². The molecule has 0 aliphatic carbocycles. The van der Waals surface area contributed by atoms with E-state index in [0.29, 0.717) is 18.4 Å². The SMILES string of the molecule is CC(C)c1cccnc1.CO.CO.CS(=O)(=O)[O-].CS(=O)(=O)[O-].[99Tc].[CH-]=O.c1ccc(-c2ccnc3c2ccc2c(-c4ccccc4)ccnc23)cc1. The predicted molar refractivity (Wildman–Crippen MR) is 201 cm³/mol. The molecule has 12 nitrogen and oxygen atoms in total. The average molecular weight is 836 g/mol. The molecular formula is C37H42N3O9S2Tc-3. The summed E-state index contributed by atoms with van der Waals surface area (Å²) >= 11 is 0. The van der Waals surface area contributed by atoms with Crippen LogP contribution in [0.3, 0.4) is 0 Å². The summed E-state index contributed by atoms with van der Waals surface area (Å²) < 4.78 is 54.5. The van der Waals surface area contributed by atoms with Gasteiger partial charge in [0.05, 0.1) is 31.3 Å². The average Bonchev–Trinajstić information content (AvgIpc) is 3.13. The van der Waals surface area contributed by atoms with Crippen LogP contribution in [0.1, 0.15) is 25.3 Å². The van der Waals surface area contributed by atoms with E-state index < -0.39 is 20.2 Å². The monoisotopic (exact) mass is 835 g/mol. The largest absolute Gasteiger partial charge is 0.748 e. The van der Waals surface area contributed by atoms with Crippen molar-refractivity contribution < 1.29 is 61.1 Å². The van der Waals surface area contributed by atoms with E-state index in [0.717, 1.165) is 36.0 Å². The summed E-state index contributed by atoms with van der Waals surface area (Å²) in [6.45, 7) is 7.58. The van der Waals surface area contributed by atoms with Crippen LogP contribution in [0, 0.1) is 0 Å². The van der Waals surface area contributed by atoms with Gasteiger partial charge in [0.2, 0.25) is 0 Å². The Hall–Kier alpha value is -4.31. The predicted octanol–water partition coefficient (Wildman–Crippen LogP) is 5.59. The Morgan fingerprint density at radius 1 is 0.577 bits per heavy atom. The van der Waals surface area contributed by atoms with Gasteiger partial charge >= 0.3 is 0 Å². The molecule has 15 heteroatoms. The second-order valence-corrected chi connectivity index (χ2v) is 13.0. The first-order chi connectivity index (χ1) is 24.2. The number of pyridine rings is 3. The third kappa shape index (κ3) is 19.3. The first-order valence-corrected chi connectivity index (χ1v) is 18.5. The van der Waals surface area contributed by atoms with E-state index in [2.05, 4.69) is 114 Å². The zero-order chi connectivity index (χ0) is 39.0. The van der Waals surface area contributed by atoms with Gasteiger partial charge < -0.3 is 24.1 Å². The summed E-state index contributed by atoms with van der Waals surface area (Å²) in [5, 5.41) is 16.3. The van der Waals surface area contributed by atoms with E-state index in [1.807, 2.05) is 36.8 Å². The van der Waals surface area contributed by atoms with E-state index in [9.17, 15) is 0 Å². The van der Waals surface area contributed by atoms with E-state index in [1.165, 1.54) is 27.8 Å². The first-order valence-electron chi connectivity index (χ1n) is 14.8. The molecule has 52 heavy (non-hydrogen) atoms. The first kappa shape index (κ1) is 49.8. The minimum absolute atomic E-state index is 0. The molecule has 0 amide bonds. The van der Waals surface area contributed by atoms with Crippen LogP contribution >= 0.6 is 0 Å². The molecule has 2 N–H and O–H groups in total. The molecule has 0 spiro atoms. The Kier molecular flexibility index (Phi) is 25.3. The Morgan fingerprint density at radius 3 is 1.19 bits per heavy atom. The molecule has 281 valence electrons. The van der Waals surface area contributed by atoms with Gasteiger partial charge in [-0.05, 0) is 51.9 Å². The van der Waals surface area contributed by atoms with Gasteiger partial charge in [0.1, 0.15) is 0 Å². The Bertz CT molecular complexity index is 1930. The van der Waals surface area contributed by atoms with Crippen molar-refractivity contribution in [3.63, 3.8) is 0 Å². The number of fused-ring (bicyclic) bond motifs is 3. The fourth-order valence-corrected chi connectivity index (χ4v) is 4.28. The summed E-state index contributed by atoms with van der Waals surface area (Å²) in [4.78, 5) is 21.1. The number of nitrogens with zero attached hydrogens (tertiary/aromatic N) is 3. The quantitative estimate of drug-likeness (QED) is 0.0968. The number of hydrogen-bond acceptors (Lipinski definition) is 12. The van der Waals surface area contributed by atoms with Crippen molar-refractivity contribution >= 4 is 48.8 Å². The minimum atomic E-state index is -3.92. The molecule has 6 rings (SSSR count). The second-order valence-electron chi connectivity index (χ2n) is 10.2. The van der Waals surface area contributed by atoms with Crippen LogP contribution < -0.4 is 0 Å². The fraction of sp³-hybridized carbons (Fsp3) is 0.189. The van der Waals surface area contributed by atoms with Gasteiger partial charge in [-0.25, -0.2) is 16.8 Å². The van der Waals surface area contributed by atoms with Gasteiger partial charge in [-0.2, -0.15) is 0 Å². The van der Waals surface area contributed by atoms with Crippen LogP contribution in [0.4, 0.5) is 0 Å². The number of hydrogen-bond donors (Lipinski definition) is 2. The van der Waals surface area contributed by atoms with Crippen molar-refractivity contribution in [2.75, 3.05) is 26.7 Å². The molecule has 3 aromatic carbocycles. The number of carbonyl (C=O) groups excluding carboxylic acids is 1. The molecule has 3 heterocycles. The molecule has 3 aromatic heterocycles. The molecule has 0 aliphatic heterocycles. The number of aliphatic hydroxyl groups excluding tert-OH is 2. The normalized spacial score (nSPS) is 9.83. The third-order valence-corrected chi connectivity index (χ3v) is 6.14. The minimum Gasteiger partial charge on any atom is -0.748 e. The number of aliphatic hydroxyl groups is 2. The van der Waals surface area contributed by atoms with Crippen molar-refractivity contribution in [2.24, 2.45) is 0 Å². The summed E-state index contributed by atoms with van der Waals surface area (Å²) in [7, 11) is -5.83. The summed E-state index contributed by atoms with van der Waals surface area (Å²) in [5.41, 5.74) is 7.95. The zero-order valence-corrected chi connectivity index (χ0v) is 33.0. The van der Waals surface area contributed by atoms with Crippen LogP contribution in [-0.4, -0.2) is 84.6 Å². The van der Waals surface area contributed by atoms with E-state index in [-0.39, 0.29) is 20.1 Å². The van der Waals surface area contributed by atoms with Crippen molar-refractivity contribution in [2.45, 2.75) is 19.8 Å². The smallest absolute Gasteiger partial charge is 0.0970 e. The molecule has 0 saturated carbocycles. The standard InChI is InChI=1S/C24H16N2.C8H11N.2CH4O3S.2CH4O.CHO.Tc/c1-3-7-17(8-4-1)19-13-15-25-23-21(19)11-12-22-20(14-16-26-24(22)23)18-9-5-2-6-10-18;1-7(2)8-4-3-5-9-6-8;2*1-5(2,3)4;3*1-2;/h1-16H;3-7H,1-2H3;2*1H3,(H,2,3,4);2*2H,1H3;1H;/q;;;;;;-1;/p-2/i;;;;;;;1+1. The van der Waals surface area contributed by atoms with Crippen LogP contribution in [0.2, 0.25) is 0 Å². The van der Waals surface area contributed by atoms with Crippen molar-refractivity contribution in [1.29, 1.82) is 0 Å². The zero-order valence-electron chi connectivity index (χ0n) is 29.5. The maximum atomic E-state index is 9.08. The summed E-state index contributed by atoms with van der Waals surface area (Å²) in [6.07, 6.45) is 8.67. The Balaban J connectivity index is 0. The van der Waals surface area contributed by atoms with Crippen molar-refractivity contribution in [3.8, 4) is 22.3 Å². The van der Waals surface area contributed by atoms with Crippen LogP contribution in [0.25, 0.3) is 44.1 Å². The Labute approximate surface area is 319 Å². The molecule has 6 aromatic rings. The van der Waals surface area contributed by atoms with Gasteiger partial charge in [-0.1, -0.05) is 92.7 Å². The van der Waals surface area contributed by atoms with E-state index in [4.69, 9.17) is 40.9 Å². The number of rotatable bonds is 3. The molecule has 0 fully saturated rings. The molecule has 0 atom stereocenters. The number of aromatic nitrogens is 3. The molecule has 0 unspecified atom stereocenters. The second kappa shape index (κ2) is 26.5. The van der Waals surface area contributed by atoms with Crippen LogP contribution in [-0.2, 0) is 45.1 Å². The summed E-state index contributed by atoms with van der Waals surface area (Å²) in [6, 6.07) is 33.4. The Morgan fingerprint density at radius 2 is 0.923 bits per heavy atom. The third-order valence-electron chi connectivity index (χ3n) is 6.14. The molecule has 0 saturated heterocycles. The van der Waals surface area contributed by atoms with Gasteiger partial charge in [-0.3, -0.25) is 21.7 Å². The molecular weight excluding hydrogens is 793 g/mol. The number of benzene rings is 3. The van der Waals surface area contributed by atoms with Gasteiger partial charge in [0.25, 0.3) is 0 Å². The van der Waals surface area contributed by atoms with Crippen LogP contribution in [0.15, 0.2) is 122 Å². The van der Waals surface area contributed by atoms with E-state index in [1.54, 1.807) is 6.20 Å². The van der Waals surface area contributed by atoms with Crippen molar-refractivity contribution in [3.05, 3.63) is 127 Å². The maximum Gasteiger partial charge on any atom is 0.0970 e. The topological polar surface area (TPSA) is 211 Å². The molecule has 0 bridgehead atoms. The van der Waals surface area contributed by atoms with Crippen molar-refractivity contribution in [1.82, 2.24) is 15.0 Å². The van der Waals surface area contributed by atoms with Crippen LogP contribution in [0.5, 0.6) is 0 Å². The molecule has 1 radical (unpaired) electrons. The summed E-state index contributed by atoms with van der Waals surface area (Å²) in [5.74, 6) is 0.596. The maximum absolute atomic E-state index is 9.08. The van der Waals surface area contributed by atoms with Gasteiger partial charge in [-0.15, -0.1) is 0 Å². The fourth-order valence-electron chi connectivity index (χ4n) is 4.28.